The normalized spacial score (nSPS) is 27.0. The Balaban J connectivity index is 1.80. The van der Waals surface area contributed by atoms with E-state index >= 15 is 0 Å². The van der Waals surface area contributed by atoms with Crippen LogP contribution < -0.4 is 0 Å². The summed E-state index contributed by atoms with van der Waals surface area (Å²) in [5.74, 6) is 0.0327. The third kappa shape index (κ3) is 3.61. The van der Waals surface area contributed by atoms with Gasteiger partial charge in [-0.3, -0.25) is 4.79 Å². The minimum atomic E-state index is -0.761. The lowest BCUT2D eigenvalue weighted by molar-refractivity contribution is -0.138. The quantitative estimate of drug-likeness (QED) is 0.848. The van der Waals surface area contributed by atoms with Crippen LogP contribution >= 0.6 is 0 Å². The lowest BCUT2D eigenvalue weighted by atomic mass is 10.0. The molecule has 0 bridgehead atoms. The number of carboxylic acids is 1. The van der Waals surface area contributed by atoms with Crippen molar-refractivity contribution in [1.82, 2.24) is 9.80 Å². The van der Waals surface area contributed by atoms with Crippen molar-refractivity contribution < 1.29 is 14.7 Å². The molecule has 2 fully saturated rings. The summed E-state index contributed by atoms with van der Waals surface area (Å²) in [6.45, 7) is 5.25. The number of hydrogen-bond donors (Lipinski definition) is 1. The van der Waals surface area contributed by atoms with E-state index in [0.717, 1.165) is 25.9 Å². The van der Waals surface area contributed by atoms with Gasteiger partial charge in [0, 0.05) is 32.6 Å². The molecule has 0 aliphatic carbocycles. The SMILES string of the molecule is CCCC1CCN(C(=O)N2CCC(CC(=O)O)C2)C1. The molecule has 5 nitrogen and oxygen atoms in total. The average molecular weight is 268 g/mol. The van der Waals surface area contributed by atoms with E-state index in [9.17, 15) is 9.59 Å². The summed E-state index contributed by atoms with van der Waals surface area (Å²) < 4.78 is 0. The van der Waals surface area contributed by atoms with Crippen molar-refractivity contribution in [3.63, 3.8) is 0 Å². The van der Waals surface area contributed by atoms with E-state index < -0.39 is 5.97 Å². The van der Waals surface area contributed by atoms with Gasteiger partial charge >= 0.3 is 12.0 Å². The Morgan fingerprint density at radius 3 is 2.26 bits per heavy atom. The molecule has 5 heteroatoms. The first-order chi connectivity index (χ1) is 9.10. The lowest BCUT2D eigenvalue weighted by Gasteiger charge is -2.24. The maximum atomic E-state index is 12.3. The van der Waals surface area contributed by atoms with Gasteiger partial charge < -0.3 is 14.9 Å². The Morgan fingerprint density at radius 1 is 1.11 bits per heavy atom. The number of rotatable bonds is 4. The number of nitrogens with zero attached hydrogens (tertiary/aromatic N) is 2. The molecule has 0 aromatic carbocycles. The first-order valence-corrected chi connectivity index (χ1v) is 7.35. The van der Waals surface area contributed by atoms with Gasteiger partial charge in [-0.1, -0.05) is 13.3 Å². The topological polar surface area (TPSA) is 60.9 Å². The highest BCUT2D eigenvalue weighted by Gasteiger charge is 2.33. The van der Waals surface area contributed by atoms with E-state index in [0.29, 0.717) is 19.0 Å². The molecular formula is C14H24N2O3. The predicted octanol–water partition coefficient (Wildman–Crippen LogP) is 2.03. The summed E-state index contributed by atoms with van der Waals surface area (Å²) in [7, 11) is 0. The van der Waals surface area contributed by atoms with Crippen molar-refractivity contribution in [2.24, 2.45) is 11.8 Å². The van der Waals surface area contributed by atoms with Gasteiger partial charge in [0.05, 0.1) is 0 Å². The summed E-state index contributed by atoms with van der Waals surface area (Å²) in [4.78, 5) is 26.8. The highest BCUT2D eigenvalue weighted by Crippen LogP contribution is 2.25. The van der Waals surface area contributed by atoms with Gasteiger partial charge in [0.15, 0.2) is 0 Å². The van der Waals surface area contributed by atoms with Gasteiger partial charge in [-0.05, 0) is 31.1 Å². The van der Waals surface area contributed by atoms with Crippen LogP contribution in [-0.2, 0) is 4.79 Å². The fourth-order valence-electron chi connectivity index (χ4n) is 3.27. The molecule has 2 heterocycles. The largest absolute Gasteiger partial charge is 0.481 e. The van der Waals surface area contributed by atoms with Crippen LogP contribution in [0, 0.1) is 11.8 Å². The Kier molecular flexibility index (Phi) is 4.66. The molecule has 2 aliphatic rings. The maximum Gasteiger partial charge on any atom is 0.320 e. The lowest BCUT2D eigenvalue weighted by Crippen LogP contribution is -2.41. The van der Waals surface area contributed by atoms with E-state index in [4.69, 9.17) is 5.11 Å². The zero-order valence-corrected chi connectivity index (χ0v) is 11.7. The average Bonchev–Trinajstić information content (AvgIpc) is 2.97. The van der Waals surface area contributed by atoms with Crippen LogP contribution in [0.2, 0.25) is 0 Å². The smallest absolute Gasteiger partial charge is 0.320 e. The number of carbonyl (C=O) groups excluding carboxylic acids is 1. The van der Waals surface area contributed by atoms with Gasteiger partial charge in [-0.2, -0.15) is 0 Å². The van der Waals surface area contributed by atoms with Crippen molar-refractivity contribution >= 4 is 12.0 Å². The van der Waals surface area contributed by atoms with Crippen LogP contribution in [0.15, 0.2) is 0 Å². The second-order valence-corrected chi connectivity index (χ2v) is 5.87. The Labute approximate surface area is 114 Å². The molecular weight excluding hydrogens is 244 g/mol. The van der Waals surface area contributed by atoms with Crippen LogP contribution in [0.1, 0.15) is 39.0 Å². The van der Waals surface area contributed by atoms with Crippen LogP contribution in [0.5, 0.6) is 0 Å². The summed E-state index contributed by atoms with van der Waals surface area (Å²) in [5, 5.41) is 8.79. The Bertz CT molecular complexity index is 346. The molecule has 2 unspecified atom stereocenters. The van der Waals surface area contributed by atoms with Gasteiger partial charge in [0.2, 0.25) is 0 Å². The predicted molar refractivity (Wildman–Crippen MR) is 71.9 cm³/mol. The number of amides is 2. The molecule has 0 aromatic heterocycles. The molecule has 1 N–H and O–H groups in total. The molecule has 2 rings (SSSR count). The van der Waals surface area contributed by atoms with E-state index in [1.165, 1.54) is 12.8 Å². The number of hydrogen-bond acceptors (Lipinski definition) is 2. The fourth-order valence-corrected chi connectivity index (χ4v) is 3.27. The molecule has 19 heavy (non-hydrogen) atoms. The number of likely N-dealkylation sites (tertiary alicyclic amines) is 2. The van der Waals surface area contributed by atoms with Crippen molar-refractivity contribution in [2.75, 3.05) is 26.2 Å². The summed E-state index contributed by atoms with van der Waals surface area (Å²) >= 11 is 0. The Hall–Kier alpha value is -1.26. The molecule has 2 saturated heterocycles. The number of carbonyl (C=O) groups is 2. The minimum Gasteiger partial charge on any atom is -0.481 e. The monoisotopic (exact) mass is 268 g/mol. The number of aliphatic carboxylic acids is 1. The van der Waals surface area contributed by atoms with Crippen LogP contribution in [0.3, 0.4) is 0 Å². The molecule has 0 aromatic rings. The van der Waals surface area contributed by atoms with Crippen LogP contribution in [0.25, 0.3) is 0 Å². The van der Waals surface area contributed by atoms with Gasteiger partial charge in [-0.25, -0.2) is 4.79 Å². The highest BCUT2D eigenvalue weighted by atomic mass is 16.4. The van der Waals surface area contributed by atoms with Gasteiger partial charge in [0.1, 0.15) is 0 Å². The van der Waals surface area contributed by atoms with Gasteiger partial charge in [-0.15, -0.1) is 0 Å². The third-order valence-corrected chi connectivity index (χ3v) is 4.27. The first kappa shape index (κ1) is 14.2. The second-order valence-electron chi connectivity index (χ2n) is 5.87. The summed E-state index contributed by atoms with van der Waals surface area (Å²) in [6.07, 6.45) is 4.50. The van der Waals surface area contributed by atoms with E-state index in [2.05, 4.69) is 6.92 Å². The molecule has 0 radical (unpaired) electrons. The summed E-state index contributed by atoms with van der Waals surface area (Å²) in [6, 6.07) is 0.117. The molecule has 2 atom stereocenters. The molecule has 2 amide bonds. The van der Waals surface area contributed by atoms with Crippen molar-refractivity contribution in [1.29, 1.82) is 0 Å². The van der Waals surface area contributed by atoms with Gasteiger partial charge in [0.25, 0.3) is 0 Å². The number of urea groups is 1. The standard InChI is InChI=1S/C14H24N2O3/c1-2-3-11-4-6-15(9-11)14(19)16-7-5-12(10-16)8-13(17)18/h11-12H,2-10H2,1H3,(H,17,18). The van der Waals surface area contributed by atoms with E-state index in [-0.39, 0.29) is 18.4 Å². The third-order valence-electron chi connectivity index (χ3n) is 4.27. The number of carboxylic acid groups (broad SMARTS) is 1. The Morgan fingerprint density at radius 2 is 1.68 bits per heavy atom. The molecule has 2 aliphatic heterocycles. The van der Waals surface area contributed by atoms with Crippen molar-refractivity contribution in [3.05, 3.63) is 0 Å². The van der Waals surface area contributed by atoms with E-state index in [1.54, 1.807) is 0 Å². The first-order valence-electron chi connectivity index (χ1n) is 7.35. The van der Waals surface area contributed by atoms with E-state index in [1.807, 2.05) is 9.80 Å². The van der Waals surface area contributed by atoms with Crippen LogP contribution in [-0.4, -0.2) is 53.1 Å². The fraction of sp³-hybridized carbons (Fsp3) is 0.857. The second kappa shape index (κ2) is 6.26. The van der Waals surface area contributed by atoms with Crippen LogP contribution in [0.4, 0.5) is 4.79 Å². The zero-order valence-electron chi connectivity index (χ0n) is 11.7. The molecule has 108 valence electrons. The minimum absolute atomic E-state index is 0.117. The molecule has 0 spiro atoms. The highest BCUT2D eigenvalue weighted by molar-refractivity contribution is 5.75. The molecule has 0 saturated carbocycles. The zero-order chi connectivity index (χ0) is 13.8. The summed E-state index contributed by atoms with van der Waals surface area (Å²) in [5.41, 5.74) is 0. The van der Waals surface area contributed by atoms with Crippen molar-refractivity contribution in [2.45, 2.75) is 39.0 Å². The van der Waals surface area contributed by atoms with Crippen molar-refractivity contribution in [3.8, 4) is 0 Å². The maximum absolute atomic E-state index is 12.3.